The standard InChI is InChI=1S/C26H27ClO3.C25H26BrClO3.C25H25ClO4.C24H23ClO3/c1-6-17-16-19-10-8-9-11-21(19)22(18-12-14-20(27)15-13-18)23(17)24(25(28)29-7-2)30-26(3,4)5;1-5-29-24(28)23(30-25(2,3)4)22-18(15-26)14-17-8-6-7-9-20(17)21(22)16-10-12-19(27)13-11-16;1-5-29-24(28)23(30-25(2,3)4)22-18(15-27)14-17-8-6-7-9-20(17)21(22)16-10-12-19(26)13-11-16;1-5-15-14-17-8-6-7-9-19(17)20(16-10-12-18(25)13-11-16)21(15)22(23(26)27)28-24(2,3)4/h6,8-16,24H,1,7H2,2-5H3;6-14,23H,5,15H2,1-4H3;6-15,23H,5H2,1-4H3;5-14,22H,1H2,2-4H3,(H,26,27)/t24-;2*23-;22-/m0000/s1. The van der Waals surface area contributed by atoms with Gasteiger partial charge >= 0.3 is 23.9 Å². The third-order valence-corrected chi connectivity index (χ3v) is 20.1. The highest BCUT2D eigenvalue weighted by Gasteiger charge is 2.38. The number of aldehydes is 1. The number of hydrogen-bond donors (Lipinski definition) is 1. The molecule has 13 nitrogen and oxygen atoms in total. The molecule has 0 unspecified atom stereocenters. The first-order valence-corrected chi connectivity index (χ1v) is 41.5. The zero-order chi connectivity index (χ0) is 86.1. The van der Waals surface area contributed by atoms with E-state index in [4.69, 9.17) is 79.6 Å². The largest absolute Gasteiger partial charge is 0.479 e. The molecule has 0 saturated carbocycles. The molecule has 0 radical (unpaired) electrons. The minimum absolute atomic E-state index is 0.211. The Morgan fingerprint density at radius 2 is 0.602 bits per heavy atom. The average molecular weight is 1730 g/mol. The maximum Gasteiger partial charge on any atom is 0.340 e. The fraction of sp³-hybridized carbons (Fsp3) is 0.270. The van der Waals surface area contributed by atoms with Gasteiger partial charge in [0.25, 0.3) is 0 Å². The van der Waals surface area contributed by atoms with Crippen LogP contribution in [0.4, 0.5) is 0 Å². The second kappa shape index (κ2) is 40.8. The van der Waals surface area contributed by atoms with E-state index in [1.807, 2.05) is 241 Å². The summed E-state index contributed by atoms with van der Waals surface area (Å²) in [5.74, 6) is -2.37. The molecule has 0 amide bonds. The quantitative estimate of drug-likeness (QED) is 0.0278. The van der Waals surface area contributed by atoms with Crippen molar-refractivity contribution in [1.29, 1.82) is 0 Å². The fourth-order valence-corrected chi connectivity index (χ4v) is 14.9. The maximum absolute atomic E-state index is 13.1. The van der Waals surface area contributed by atoms with Gasteiger partial charge < -0.3 is 38.3 Å². The van der Waals surface area contributed by atoms with Crippen molar-refractivity contribution < 1.29 is 62.2 Å². The van der Waals surface area contributed by atoms with Crippen LogP contribution in [-0.4, -0.2) is 77.5 Å². The van der Waals surface area contributed by atoms with Crippen molar-refractivity contribution in [2.45, 2.75) is 156 Å². The van der Waals surface area contributed by atoms with Gasteiger partial charge in [-0.1, -0.05) is 233 Å². The van der Waals surface area contributed by atoms with Gasteiger partial charge in [0.1, 0.15) is 6.29 Å². The molecule has 0 spiro atoms. The number of aliphatic carboxylic acids is 1. The second-order valence-corrected chi connectivity index (χ2v) is 34.0. The van der Waals surface area contributed by atoms with E-state index in [2.05, 4.69) is 59.4 Å². The molecule has 0 aliphatic heterocycles. The molecule has 1 N–H and O–H groups in total. The number of ether oxygens (including phenoxy) is 7. The van der Waals surface area contributed by atoms with Gasteiger partial charge in [0.2, 0.25) is 0 Å². The summed E-state index contributed by atoms with van der Waals surface area (Å²) in [6.45, 7) is 36.8. The lowest BCUT2D eigenvalue weighted by molar-refractivity contribution is -0.167. The van der Waals surface area contributed by atoms with E-state index in [-0.39, 0.29) is 25.8 Å². The average Bonchev–Trinajstić information content (AvgIpc) is 0.771. The van der Waals surface area contributed by atoms with Crippen LogP contribution in [-0.2, 0) is 57.7 Å². The first-order chi connectivity index (χ1) is 55.9. The van der Waals surface area contributed by atoms with Gasteiger partial charge in [-0.25, -0.2) is 19.2 Å². The summed E-state index contributed by atoms with van der Waals surface area (Å²) in [5, 5.41) is 21.1. The molecule has 4 atom stereocenters. The number of halogens is 5. The van der Waals surface area contributed by atoms with Crippen LogP contribution >= 0.6 is 62.3 Å². The van der Waals surface area contributed by atoms with Gasteiger partial charge in [0, 0.05) is 53.2 Å². The molecule has 0 aromatic heterocycles. The van der Waals surface area contributed by atoms with Crippen LogP contribution in [0.1, 0.15) is 178 Å². The molecular weight excluding hydrogens is 1630 g/mol. The Morgan fingerprint density at radius 1 is 0.364 bits per heavy atom. The molecule has 0 bridgehead atoms. The summed E-state index contributed by atoms with van der Waals surface area (Å²) < 4.78 is 40.9. The molecule has 12 aromatic carbocycles. The lowest BCUT2D eigenvalue weighted by Gasteiger charge is -2.30. The second-order valence-electron chi connectivity index (χ2n) is 31.7. The molecule has 18 heteroatoms. The van der Waals surface area contributed by atoms with Crippen molar-refractivity contribution in [2.75, 3.05) is 19.8 Å². The summed E-state index contributed by atoms with van der Waals surface area (Å²) in [7, 11) is 0. The Bertz CT molecular complexity index is 5410. The number of rotatable bonds is 23. The molecular formula is C100H101BrCl4O13. The Balaban J connectivity index is 0.000000179. The Hall–Kier alpha value is -9.81. The third-order valence-electron chi connectivity index (χ3n) is 18.4. The summed E-state index contributed by atoms with van der Waals surface area (Å²) in [4.78, 5) is 63.5. The van der Waals surface area contributed by atoms with E-state index in [1.54, 1.807) is 63.3 Å². The topological polar surface area (TPSA) is 170 Å². The van der Waals surface area contributed by atoms with E-state index in [1.165, 1.54) is 0 Å². The van der Waals surface area contributed by atoms with E-state index in [9.17, 15) is 29.1 Å². The first-order valence-electron chi connectivity index (χ1n) is 38.9. The number of carboxylic acid groups (broad SMARTS) is 1. The zero-order valence-corrected chi connectivity index (χ0v) is 73.9. The number of benzene rings is 12. The van der Waals surface area contributed by atoms with E-state index in [0.29, 0.717) is 42.1 Å². The monoisotopic (exact) mass is 1730 g/mol. The lowest BCUT2D eigenvalue weighted by atomic mass is 9.86. The van der Waals surface area contributed by atoms with Gasteiger partial charge in [-0.15, -0.1) is 0 Å². The van der Waals surface area contributed by atoms with E-state index in [0.717, 1.165) is 122 Å². The van der Waals surface area contributed by atoms with Gasteiger partial charge in [0.15, 0.2) is 24.4 Å². The number of carboxylic acids is 1. The van der Waals surface area contributed by atoms with Gasteiger partial charge in [-0.2, -0.15) is 0 Å². The molecule has 0 heterocycles. The van der Waals surface area contributed by atoms with Crippen LogP contribution in [0.3, 0.4) is 0 Å². The molecule has 614 valence electrons. The van der Waals surface area contributed by atoms with E-state index >= 15 is 0 Å². The van der Waals surface area contributed by atoms with Gasteiger partial charge in [-0.3, -0.25) is 4.79 Å². The predicted molar refractivity (Wildman–Crippen MR) is 488 cm³/mol. The lowest BCUT2D eigenvalue weighted by Crippen LogP contribution is -2.30. The van der Waals surface area contributed by atoms with Crippen molar-refractivity contribution in [3.63, 3.8) is 0 Å². The normalized spacial score (nSPS) is 12.6. The predicted octanol–water partition coefficient (Wildman–Crippen LogP) is 27.8. The minimum Gasteiger partial charge on any atom is -0.479 e. The van der Waals surface area contributed by atoms with Crippen LogP contribution in [0.5, 0.6) is 0 Å². The smallest absolute Gasteiger partial charge is 0.340 e. The molecule has 12 aromatic rings. The number of hydrogen-bond acceptors (Lipinski definition) is 12. The third kappa shape index (κ3) is 23.6. The van der Waals surface area contributed by atoms with Crippen molar-refractivity contribution in [2.24, 2.45) is 0 Å². The Labute approximate surface area is 721 Å². The Morgan fingerprint density at radius 3 is 0.856 bits per heavy atom. The maximum atomic E-state index is 13.1. The van der Waals surface area contributed by atoms with Gasteiger partial charge in [0.05, 0.1) is 42.2 Å². The zero-order valence-electron chi connectivity index (χ0n) is 69.3. The van der Waals surface area contributed by atoms with Crippen molar-refractivity contribution >= 4 is 148 Å². The number of alkyl halides is 1. The molecule has 0 aliphatic rings. The summed E-state index contributed by atoms with van der Waals surface area (Å²) >= 11 is 28.1. The summed E-state index contributed by atoms with van der Waals surface area (Å²) in [5.41, 5.74) is 10.3. The molecule has 12 rings (SSSR count). The fourth-order valence-electron chi connectivity index (χ4n) is 14.0. The highest BCUT2D eigenvalue weighted by Crippen LogP contribution is 2.47. The SMILES string of the molecule is C=Cc1cc2ccccc2c(-c2ccc(Cl)cc2)c1[C@H](OC(C)(C)C)C(=O)O.C=Cc1cc2ccccc2c(-c2ccc(Cl)cc2)c1[C@H](OC(C)(C)C)C(=O)OCC.CCOC(=O)[C@@H](OC(C)(C)C)c1c(C=O)cc2ccccc2c1-c1ccc(Cl)cc1.CCOC(=O)[C@@H](OC(C)(C)C)c1c(CBr)cc2ccccc2c1-c1ccc(Cl)cc1. The highest BCUT2D eigenvalue weighted by molar-refractivity contribution is 9.08. The van der Waals surface area contributed by atoms with Crippen LogP contribution in [0.15, 0.2) is 232 Å². The van der Waals surface area contributed by atoms with Crippen molar-refractivity contribution in [3.8, 4) is 44.5 Å². The van der Waals surface area contributed by atoms with E-state index < -0.39 is 64.7 Å². The first kappa shape index (κ1) is 92.1. The van der Waals surface area contributed by atoms with Crippen LogP contribution < -0.4 is 0 Å². The number of carbonyl (C=O) groups excluding carboxylic acids is 4. The van der Waals surface area contributed by atoms with Crippen LogP contribution in [0.25, 0.3) is 99.7 Å². The van der Waals surface area contributed by atoms with Crippen molar-refractivity contribution in [3.05, 3.63) is 296 Å². The Kier molecular flexibility index (Phi) is 31.8. The summed E-state index contributed by atoms with van der Waals surface area (Å²) in [6, 6.07) is 69.8. The molecule has 118 heavy (non-hydrogen) atoms. The summed E-state index contributed by atoms with van der Waals surface area (Å²) in [6.07, 6.45) is 0.270. The van der Waals surface area contributed by atoms with Crippen LogP contribution in [0, 0.1) is 0 Å². The molecule has 0 fully saturated rings. The van der Waals surface area contributed by atoms with Crippen LogP contribution in [0.2, 0.25) is 20.1 Å². The highest BCUT2D eigenvalue weighted by atomic mass is 79.9. The number of esters is 3. The number of fused-ring (bicyclic) bond motifs is 4. The molecule has 0 saturated heterocycles. The number of carbonyl (C=O) groups is 5. The van der Waals surface area contributed by atoms with Crippen molar-refractivity contribution in [1.82, 2.24) is 0 Å². The minimum atomic E-state index is -1.14. The van der Waals surface area contributed by atoms with Gasteiger partial charge in [-0.05, 0) is 281 Å². The molecule has 0 aliphatic carbocycles.